The van der Waals surface area contributed by atoms with E-state index in [1.807, 2.05) is 20.8 Å². The zero-order chi connectivity index (χ0) is 28.4. The second-order valence-electron chi connectivity index (χ2n) is 11.6. The fourth-order valence-electron chi connectivity index (χ4n) is 3.48. The van der Waals surface area contributed by atoms with Crippen molar-refractivity contribution in [2.24, 2.45) is 0 Å². The largest absolute Gasteiger partial charge is 0.744 e. The van der Waals surface area contributed by atoms with Gasteiger partial charge >= 0.3 is 10.1 Å². The Bertz CT molecular complexity index is 1360. The maximum atomic E-state index is 14.6. The van der Waals surface area contributed by atoms with Gasteiger partial charge in [-0.15, -0.1) is 0 Å². The molecule has 2 rings (SSSR count). The van der Waals surface area contributed by atoms with Gasteiger partial charge in [-0.25, -0.2) is 17.2 Å². The van der Waals surface area contributed by atoms with Gasteiger partial charge < -0.3 is 8.74 Å². The Labute approximate surface area is 209 Å². The van der Waals surface area contributed by atoms with Crippen LogP contribution >= 0.6 is 0 Å². The molecular formula is C24H29F4O6S2-. The van der Waals surface area contributed by atoms with Gasteiger partial charge in [-0.05, 0) is 32.9 Å². The molecule has 6 nitrogen and oxygen atoms in total. The molecule has 0 fully saturated rings. The summed E-state index contributed by atoms with van der Waals surface area (Å²) < 4.78 is 123. The lowest BCUT2D eigenvalue weighted by Crippen LogP contribution is -2.28. The van der Waals surface area contributed by atoms with E-state index in [4.69, 9.17) is 0 Å². The number of benzene rings is 2. The average molecular weight is 554 g/mol. The lowest BCUT2D eigenvalue weighted by molar-refractivity contribution is 0.362. The summed E-state index contributed by atoms with van der Waals surface area (Å²) in [5.74, 6) is -12.2. The summed E-state index contributed by atoms with van der Waals surface area (Å²) in [6, 6.07) is 3.24. The van der Waals surface area contributed by atoms with E-state index in [0.717, 1.165) is 5.56 Å². The van der Waals surface area contributed by atoms with Crippen LogP contribution in [-0.2, 0) is 36.5 Å². The molecule has 0 unspecified atom stereocenters. The van der Waals surface area contributed by atoms with Crippen molar-refractivity contribution >= 4 is 20.2 Å². The zero-order valence-electron chi connectivity index (χ0n) is 21.4. The molecule has 202 valence electrons. The van der Waals surface area contributed by atoms with Gasteiger partial charge in [0, 0.05) is 0 Å². The second-order valence-corrected chi connectivity index (χ2v) is 14.4. The monoisotopic (exact) mass is 553 g/mol. The highest BCUT2D eigenvalue weighted by molar-refractivity contribution is 7.87. The van der Waals surface area contributed by atoms with Crippen LogP contribution in [0.2, 0.25) is 0 Å². The molecule has 0 aliphatic heterocycles. The molecule has 36 heavy (non-hydrogen) atoms. The summed E-state index contributed by atoms with van der Waals surface area (Å²) in [5, 5.41) is 0. The van der Waals surface area contributed by atoms with Crippen LogP contribution in [0.25, 0.3) is 0 Å². The molecule has 0 aliphatic rings. The van der Waals surface area contributed by atoms with E-state index < -0.39 is 75.3 Å². The zero-order valence-corrected chi connectivity index (χ0v) is 23.1. The molecule has 0 atom stereocenters. The summed E-state index contributed by atoms with van der Waals surface area (Å²) >= 11 is 0. The summed E-state index contributed by atoms with van der Waals surface area (Å²) in [4.78, 5) is -2.86. The first-order valence-electron chi connectivity index (χ1n) is 10.8. The lowest BCUT2D eigenvalue weighted by Gasteiger charge is -2.33. The third kappa shape index (κ3) is 5.70. The molecule has 0 N–H and O–H groups in total. The summed E-state index contributed by atoms with van der Waals surface area (Å²) in [7, 11) is -11.1. The standard InChI is InChI=1S/C24H30F4O6S2/c1-22(2,3)12-10-13(23(4,5)6)20(14(11-12)24(7,8)9)36(32,33)34-19-15(25)17(27)21(35(29,30)31)18(28)16(19)26/h10-11H,1-9H3,(H,29,30,31)/p-1. The highest BCUT2D eigenvalue weighted by atomic mass is 32.2. The van der Waals surface area contributed by atoms with Crippen LogP contribution in [0.4, 0.5) is 17.6 Å². The van der Waals surface area contributed by atoms with Crippen LogP contribution in [0.3, 0.4) is 0 Å². The van der Waals surface area contributed by atoms with E-state index in [1.165, 1.54) is 0 Å². The summed E-state index contributed by atoms with van der Waals surface area (Å²) in [5.41, 5.74) is -0.911. The molecule has 0 aromatic heterocycles. The molecular weight excluding hydrogens is 524 g/mol. The number of hydrogen-bond donors (Lipinski definition) is 0. The highest BCUT2D eigenvalue weighted by Gasteiger charge is 2.38. The van der Waals surface area contributed by atoms with Crippen molar-refractivity contribution in [3.63, 3.8) is 0 Å². The molecule has 0 radical (unpaired) electrons. The molecule has 2 aromatic carbocycles. The Morgan fingerprint density at radius 2 is 1.00 bits per heavy atom. The van der Waals surface area contributed by atoms with Crippen LogP contribution in [0, 0.1) is 23.3 Å². The number of halogens is 4. The smallest absolute Gasteiger partial charge is 0.340 e. The first kappa shape index (κ1) is 30.0. The van der Waals surface area contributed by atoms with E-state index in [2.05, 4.69) is 4.18 Å². The van der Waals surface area contributed by atoms with E-state index in [9.17, 15) is 39.0 Å². The van der Waals surface area contributed by atoms with Crippen LogP contribution in [0.5, 0.6) is 5.75 Å². The van der Waals surface area contributed by atoms with E-state index >= 15 is 0 Å². The third-order valence-corrected chi connectivity index (χ3v) is 7.63. The maximum absolute atomic E-state index is 14.6. The fraction of sp³-hybridized carbons (Fsp3) is 0.500. The molecule has 0 bridgehead atoms. The van der Waals surface area contributed by atoms with Crippen molar-refractivity contribution in [2.45, 2.75) is 88.3 Å². The predicted octanol–water partition coefficient (Wildman–Crippen LogP) is 5.81. The van der Waals surface area contributed by atoms with E-state index in [-0.39, 0.29) is 11.1 Å². The fourth-order valence-corrected chi connectivity index (χ4v) is 5.82. The summed E-state index contributed by atoms with van der Waals surface area (Å²) in [6.45, 7) is 15.9. The molecule has 0 saturated heterocycles. The highest BCUT2D eigenvalue weighted by Crippen LogP contribution is 2.42. The van der Waals surface area contributed by atoms with Gasteiger partial charge in [-0.3, -0.25) is 0 Å². The van der Waals surface area contributed by atoms with Crippen LogP contribution < -0.4 is 4.18 Å². The quantitative estimate of drug-likeness (QED) is 0.205. The Morgan fingerprint density at radius 1 is 0.639 bits per heavy atom. The Morgan fingerprint density at radius 3 is 1.28 bits per heavy atom. The SMILES string of the molecule is CC(C)(C)c1cc(C(C)(C)C)c(S(=O)(=O)Oc2c(F)c(F)c(S(=O)(=O)[O-])c(F)c2F)c(C(C)(C)C)c1. The lowest BCUT2D eigenvalue weighted by atomic mass is 9.75. The predicted molar refractivity (Wildman–Crippen MR) is 125 cm³/mol. The van der Waals surface area contributed by atoms with Crippen LogP contribution in [0.15, 0.2) is 21.9 Å². The third-order valence-electron chi connectivity index (χ3n) is 5.45. The molecule has 0 spiro atoms. The van der Waals surface area contributed by atoms with Crippen molar-refractivity contribution in [1.29, 1.82) is 0 Å². The van der Waals surface area contributed by atoms with Gasteiger partial charge in [-0.2, -0.15) is 17.2 Å². The minimum atomic E-state index is -5.98. The number of rotatable bonds is 4. The maximum Gasteiger partial charge on any atom is 0.340 e. The van der Waals surface area contributed by atoms with Crippen LogP contribution in [-0.4, -0.2) is 21.4 Å². The van der Waals surface area contributed by atoms with Gasteiger partial charge in [0.2, 0.25) is 17.4 Å². The summed E-state index contributed by atoms with van der Waals surface area (Å²) in [6.07, 6.45) is 0. The minimum Gasteiger partial charge on any atom is -0.744 e. The van der Waals surface area contributed by atoms with Gasteiger partial charge in [-0.1, -0.05) is 74.4 Å². The Kier molecular flexibility index (Phi) is 7.50. The van der Waals surface area contributed by atoms with Crippen molar-refractivity contribution in [3.8, 4) is 5.75 Å². The molecule has 0 amide bonds. The van der Waals surface area contributed by atoms with Crippen molar-refractivity contribution in [3.05, 3.63) is 52.1 Å². The van der Waals surface area contributed by atoms with Gasteiger partial charge in [0.25, 0.3) is 0 Å². The molecule has 12 heteroatoms. The van der Waals surface area contributed by atoms with E-state index in [1.54, 1.807) is 53.7 Å². The van der Waals surface area contributed by atoms with Crippen molar-refractivity contribution < 1.29 is 43.1 Å². The number of hydrogen-bond acceptors (Lipinski definition) is 6. The Balaban J connectivity index is 3.00. The first-order chi connectivity index (χ1) is 15.8. The topological polar surface area (TPSA) is 101 Å². The molecule has 0 heterocycles. The van der Waals surface area contributed by atoms with Crippen molar-refractivity contribution in [2.75, 3.05) is 0 Å². The molecule has 0 aliphatic carbocycles. The van der Waals surface area contributed by atoms with Gasteiger partial charge in [0.05, 0.1) is 0 Å². The minimum absolute atomic E-state index is 0.223. The first-order valence-corrected chi connectivity index (χ1v) is 13.6. The average Bonchev–Trinajstić information content (AvgIpc) is 2.65. The van der Waals surface area contributed by atoms with Gasteiger partial charge in [0.15, 0.2) is 11.6 Å². The van der Waals surface area contributed by atoms with Gasteiger partial charge in [0.1, 0.15) is 19.9 Å². The van der Waals surface area contributed by atoms with Crippen LogP contribution in [0.1, 0.15) is 79.0 Å². The Hall–Kier alpha value is -2.18. The molecule has 0 saturated carbocycles. The van der Waals surface area contributed by atoms with Crippen molar-refractivity contribution in [1.82, 2.24) is 0 Å². The second kappa shape index (κ2) is 8.98. The normalized spacial score (nSPS) is 13.7. The molecule has 2 aromatic rings. The van der Waals surface area contributed by atoms with E-state index in [0.29, 0.717) is 0 Å².